The van der Waals surface area contributed by atoms with E-state index in [1.54, 1.807) is 4.90 Å². The summed E-state index contributed by atoms with van der Waals surface area (Å²) >= 11 is 0. The molecular weight excluding hydrogens is 401 g/mol. The van der Waals surface area contributed by atoms with E-state index in [1.165, 1.54) is 13.2 Å². The third kappa shape index (κ3) is 4.15. The number of aliphatic hydroxyl groups is 1. The second kappa shape index (κ2) is 8.65. The maximum atomic E-state index is 14.1. The van der Waals surface area contributed by atoms with E-state index < -0.39 is 29.5 Å². The third-order valence-corrected chi connectivity index (χ3v) is 5.52. The largest absolute Gasteiger partial charge is 0.469 e. The average Bonchev–Trinajstić information content (AvgIpc) is 3.17. The number of hydrogen-bond donors (Lipinski definition) is 1. The summed E-state index contributed by atoms with van der Waals surface area (Å²) in [6.45, 7) is 1.75. The van der Waals surface area contributed by atoms with Crippen molar-refractivity contribution in [2.75, 3.05) is 44.7 Å². The zero-order valence-electron chi connectivity index (χ0n) is 16.8. The number of imidazole rings is 1. The Morgan fingerprint density at radius 1 is 1.20 bits per heavy atom. The minimum atomic E-state index is -5.13. The average molecular weight is 426 g/mol. The number of aromatic nitrogens is 2. The highest BCUT2D eigenvalue weighted by Crippen LogP contribution is 2.44. The van der Waals surface area contributed by atoms with Crippen LogP contribution in [-0.2, 0) is 22.2 Å². The molecule has 1 saturated heterocycles. The molecule has 2 aromatic rings. The van der Waals surface area contributed by atoms with Crippen molar-refractivity contribution in [2.45, 2.75) is 11.8 Å². The molecule has 0 radical (unpaired) electrons. The molecule has 10 heteroatoms. The van der Waals surface area contributed by atoms with E-state index in [4.69, 9.17) is 0 Å². The summed E-state index contributed by atoms with van der Waals surface area (Å²) < 4.78 is 48.0. The van der Waals surface area contributed by atoms with Gasteiger partial charge in [-0.2, -0.15) is 13.2 Å². The maximum absolute atomic E-state index is 14.1. The van der Waals surface area contributed by atoms with Gasteiger partial charge >= 0.3 is 12.1 Å². The van der Waals surface area contributed by atoms with E-state index in [-0.39, 0.29) is 6.54 Å². The molecule has 1 fully saturated rings. The fourth-order valence-corrected chi connectivity index (χ4v) is 3.82. The number of carbonyl (C=O) groups excluding carboxylic acids is 1. The van der Waals surface area contributed by atoms with E-state index in [1.807, 2.05) is 30.3 Å². The highest BCUT2D eigenvalue weighted by atomic mass is 19.4. The van der Waals surface area contributed by atoms with Crippen molar-refractivity contribution in [3.8, 4) is 0 Å². The maximum Gasteiger partial charge on any atom is 0.425 e. The molecule has 164 valence electrons. The van der Waals surface area contributed by atoms with Crippen LogP contribution in [0.2, 0.25) is 0 Å². The lowest BCUT2D eigenvalue weighted by atomic mass is 9.84. The number of ether oxygens (including phenoxy) is 1. The molecule has 1 aromatic heterocycles. The summed E-state index contributed by atoms with van der Waals surface area (Å²) in [4.78, 5) is 20.0. The van der Waals surface area contributed by atoms with Gasteiger partial charge in [-0.3, -0.25) is 9.69 Å². The fourth-order valence-electron chi connectivity index (χ4n) is 3.82. The zero-order valence-corrected chi connectivity index (χ0v) is 16.8. The molecule has 3 rings (SSSR count). The summed E-state index contributed by atoms with van der Waals surface area (Å²) in [5.74, 6) is -3.66. The van der Waals surface area contributed by atoms with Crippen LogP contribution in [0.1, 0.15) is 5.82 Å². The van der Waals surface area contributed by atoms with Gasteiger partial charge in [0.2, 0.25) is 5.60 Å². The van der Waals surface area contributed by atoms with Crippen molar-refractivity contribution in [1.29, 1.82) is 0 Å². The van der Waals surface area contributed by atoms with Crippen LogP contribution in [-0.4, -0.2) is 71.5 Å². The highest BCUT2D eigenvalue weighted by Gasteiger charge is 2.65. The number of piperazine rings is 1. The first-order valence-electron chi connectivity index (χ1n) is 9.55. The smallest absolute Gasteiger partial charge is 0.425 e. The van der Waals surface area contributed by atoms with E-state index in [0.717, 1.165) is 23.6 Å². The number of rotatable bonds is 6. The van der Waals surface area contributed by atoms with Crippen molar-refractivity contribution >= 4 is 11.7 Å². The van der Waals surface area contributed by atoms with Crippen LogP contribution >= 0.6 is 0 Å². The molecule has 0 unspecified atom stereocenters. The number of aryl methyl sites for hydroxylation is 1. The lowest BCUT2D eigenvalue weighted by Gasteiger charge is -2.41. The molecule has 2 heterocycles. The lowest BCUT2D eigenvalue weighted by molar-refractivity contribution is -0.291. The first kappa shape index (κ1) is 22.1. The van der Waals surface area contributed by atoms with Gasteiger partial charge in [-0.25, -0.2) is 4.98 Å². The quantitative estimate of drug-likeness (QED) is 0.711. The van der Waals surface area contributed by atoms with Gasteiger partial charge in [-0.1, -0.05) is 18.2 Å². The monoisotopic (exact) mass is 426 g/mol. The van der Waals surface area contributed by atoms with Crippen LogP contribution in [0, 0.1) is 5.92 Å². The van der Waals surface area contributed by atoms with Gasteiger partial charge in [0.05, 0.1) is 7.11 Å². The summed E-state index contributed by atoms with van der Waals surface area (Å²) in [6, 6.07) is 9.69. The van der Waals surface area contributed by atoms with Gasteiger partial charge in [-0.15, -0.1) is 0 Å². The minimum absolute atomic E-state index is 0.307. The van der Waals surface area contributed by atoms with Crippen LogP contribution in [0.15, 0.2) is 42.7 Å². The number of nitrogens with zero attached hydrogens (tertiary/aromatic N) is 4. The molecule has 0 bridgehead atoms. The summed E-state index contributed by atoms with van der Waals surface area (Å²) in [7, 11) is 2.35. The highest BCUT2D eigenvalue weighted by molar-refractivity contribution is 5.74. The second-order valence-electron chi connectivity index (χ2n) is 7.32. The van der Waals surface area contributed by atoms with Gasteiger partial charge in [0.1, 0.15) is 5.92 Å². The van der Waals surface area contributed by atoms with Crippen LogP contribution in [0.5, 0.6) is 0 Å². The number of anilines is 1. The molecule has 1 aliphatic rings. The van der Waals surface area contributed by atoms with E-state index >= 15 is 0 Å². The summed E-state index contributed by atoms with van der Waals surface area (Å²) in [6.07, 6.45) is -2.69. The van der Waals surface area contributed by atoms with Gasteiger partial charge in [0.15, 0.2) is 5.82 Å². The standard InChI is InChI=1S/C20H25F3N4O3/c1-25-9-8-24-18(25)19(29,20(21,22)23)16(17(28)30-2)14-26-10-12-27(13-11-26)15-6-4-3-5-7-15/h3-9,16,29H,10-14H2,1-2H3/t16-,19-/m0/s1. The number of halogens is 3. The Kier molecular flexibility index (Phi) is 6.37. The molecule has 2 atom stereocenters. The summed E-state index contributed by atoms with van der Waals surface area (Å²) in [5, 5.41) is 10.9. The minimum Gasteiger partial charge on any atom is -0.469 e. The fraction of sp³-hybridized carbons (Fsp3) is 0.500. The first-order chi connectivity index (χ1) is 14.2. The van der Waals surface area contributed by atoms with Gasteiger partial charge in [-0.05, 0) is 12.1 Å². The van der Waals surface area contributed by atoms with Crippen LogP contribution < -0.4 is 4.90 Å². The number of benzene rings is 1. The van der Waals surface area contributed by atoms with Crippen LogP contribution in [0.25, 0.3) is 0 Å². The van der Waals surface area contributed by atoms with E-state index in [2.05, 4.69) is 14.6 Å². The predicted molar refractivity (Wildman–Crippen MR) is 104 cm³/mol. The van der Waals surface area contributed by atoms with Crippen molar-refractivity contribution in [3.63, 3.8) is 0 Å². The van der Waals surface area contributed by atoms with Crippen molar-refractivity contribution in [3.05, 3.63) is 48.5 Å². The van der Waals surface area contributed by atoms with Gasteiger partial charge in [0.25, 0.3) is 0 Å². The molecule has 1 N–H and O–H groups in total. The Hall–Kier alpha value is -2.59. The van der Waals surface area contributed by atoms with Gasteiger partial charge < -0.3 is 19.3 Å². The number of alkyl halides is 3. The molecule has 0 amide bonds. The molecule has 1 aromatic carbocycles. The molecule has 0 saturated carbocycles. The Morgan fingerprint density at radius 2 is 1.83 bits per heavy atom. The normalized spacial score (nSPS) is 18.7. The SMILES string of the molecule is COC(=O)[C@H](CN1CCN(c2ccccc2)CC1)[C@](O)(c1nccn1C)C(F)(F)F. The van der Waals surface area contributed by atoms with Gasteiger partial charge in [0, 0.05) is 57.9 Å². The number of methoxy groups -OCH3 is 1. The molecular formula is C20H25F3N4O3. The Morgan fingerprint density at radius 3 is 2.33 bits per heavy atom. The number of hydrogen-bond acceptors (Lipinski definition) is 6. The molecule has 1 aliphatic heterocycles. The molecule has 0 spiro atoms. The predicted octanol–water partition coefficient (Wildman–Crippen LogP) is 1.78. The van der Waals surface area contributed by atoms with Crippen molar-refractivity contribution in [1.82, 2.24) is 14.5 Å². The van der Waals surface area contributed by atoms with Crippen molar-refractivity contribution in [2.24, 2.45) is 13.0 Å². The van der Waals surface area contributed by atoms with E-state index in [0.29, 0.717) is 26.2 Å². The molecule has 30 heavy (non-hydrogen) atoms. The summed E-state index contributed by atoms with van der Waals surface area (Å²) in [5.41, 5.74) is -2.45. The molecule has 0 aliphatic carbocycles. The number of esters is 1. The Bertz CT molecular complexity index is 850. The second-order valence-corrected chi connectivity index (χ2v) is 7.32. The number of para-hydroxylation sites is 1. The third-order valence-electron chi connectivity index (χ3n) is 5.52. The molecule has 7 nitrogen and oxygen atoms in total. The van der Waals surface area contributed by atoms with Crippen molar-refractivity contribution < 1.29 is 27.8 Å². The topological polar surface area (TPSA) is 70.8 Å². The first-order valence-corrected chi connectivity index (χ1v) is 9.55. The number of carbonyl (C=O) groups is 1. The van der Waals surface area contributed by atoms with Crippen LogP contribution in [0.4, 0.5) is 18.9 Å². The zero-order chi connectivity index (χ0) is 21.9. The Balaban J connectivity index is 1.83. The Labute approximate surface area is 172 Å². The lowest BCUT2D eigenvalue weighted by Crippen LogP contribution is -2.58. The van der Waals surface area contributed by atoms with Crippen LogP contribution in [0.3, 0.4) is 0 Å². The van der Waals surface area contributed by atoms with E-state index in [9.17, 15) is 23.1 Å².